The van der Waals surface area contributed by atoms with Crippen molar-refractivity contribution >= 4 is 11.3 Å². The molecule has 0 atom stereocenters. The molecule has 0 unspecified atom stereocenters. The number of rotatable bonds is 2. The molecular formula is C6H10N2OS. The third-order valence-corrected chi connectivity index (χ3v) is 2.37. The van der Waals surface area contributed by atoms with Gasteiger partial charge >= 0.3 is 0 Å². The maximum Gasteiger partial charge on any atom is 0.273 e. The van der Waals surface area contributed by atoms with E-state index in [0.717, 1.165) is 10.6 Å². The first-order chi connectivity index (χ1) is 4.77. The average Bonchev–Trinajstić information content (AvgIpc) is 2.30. The van der Waals surface area contributed by atoms with E-state index in [9.17, 15) is 0 Å². The van der Waals surface area contributed by atoms with Crippen LogP contribution in [0.25, 0.3) is 0 Å². The zero-order chi connectivity index (χ0) is 7.56. The van der Waals surface area contributed by atoms with Gasteiger partial charge in [-0.05, 0) is 6.92 Å². The number of hydrogen-bond acceptors (Lipinski definition) is 4. The van der Waals surface area contributed by atoms with Crippen molar-refractivity contribution in [1.82, 2.24) is 4.98 Å². The van der Waals surface area contributed by atoms with Crippen molar-refractivity contribution in [3.63, 3.8) is 0 Å². The molecule has 1 heterocycles. The molecule has 0 bridgehead atoms. The minimum Gasteiger partial charge on any atom is -0.473 e. The maximum atomic E-state index is 5.43. The number of nitrogens with two attached hydrogens (primary N) is 1. The lowest BCUT2D eigenvalue weighted by atomic mass is 10.4. The van der Waals surface area contributed by atoms with E-state index in [2.05, 4.69) is 4.98 Å². The van der Waals surface area contributed by atoms with E-state index in [0.29, 0.717) is 11.7 Å². The maximum absolute atomic E-state index is 5.43. The van der Waals surface area contributed by atoms with Crippen LogP contribution in [0.2, 0.25) is 0 Å². The SMILES string of the molecule is COc1nc(C)c(CN)s1. The topological polar surface area (TPSA) is 48.1 Å². The van der Waals surface area contributed by atoms with Gasteiger partial charge in [-0.15, -0.1) is 0 Å². The first-order valence-corrected chi connectivity index (χ1v) is 3.80. The van der Waals surface area contributed by atoms with Gasteiger partial charge in [0.25, 0.3) is 5.19 Å². The number of aromatic nitrogens is 1. The summed E-state index contributed by atoms with van der Waals surface area (Å²) in [5.41, 5.74) is 6.41. The molecule has 1 rings (SSSR count). The Morgan fingerprint density at radius 1 is 1.70 bits per heavy atom. The molecule has 0 aliphatic heterocycles. The molecule has 3 nitrogen and oxygen atoms in total. The Labute approximate surface area is 63.8 Å². The minimum absolute atomic E-state index is 0.548. The number of ether oxygens (including phenoxy) is 1. The van der Waals surface area contributed by atoms with Crippen LogP contribution in [-0.4, -0.2) is 12.1 Å². The number of aryl methyl sites for hydroxylation is 1. The minimum atomic E-state index is 0.548. The van der Waals surface area contributed by atoms with Gasteiger partial charge in [0.05, 0.1) is 12.8 Å². The molecule has 1 aromatic heterocycles. The van der Waals surface area contributed by atoms with E-state index in [1.54, 1.807) is 7.11 Å². The molecule has 10 heavy (non-hydrogen) atoms. The van der Waals surface area contributed by atoms with Gasteiger partial charge in [0.15, 0.2) is 0 Å². The van der Waals surface area contributed by atoms with E-state index in [-0.39, 0.29) is 0 Å². The molecule has 0 aliphatic rings. The van der Waals surface area contributed by atoms with Crippen LogP contribution in [0.4, 0.5) is 0 Å². The first kappa shape index (κ1) is 7.50. The molecule has 0 fully saturated rings. The lowest BCUT2D eigenvalue weighted by molar-refractivity contribution is 0.411. The number of hydrogen-bond donors (Lipinski definition) is 1. The van der Waals surface area contributed by atoms with Crippen LogP contribution in [0.5, 0.6) is 5.19 Å². The summed E-state index contributed by atoms with van der Waals surface area (Å²) >= 11 is 1.50. The van der Waals surface area contributed by atoms with Gasteiger partial charge in [0.1, 0.15) is 0 Å². The predicted octanol–water partition coefficient (Wildman–Crippen LogP) is 0.919. The zero-order valence-corrected chi connectivity index (χ0v) is 6.86. The summed E-state index contributed by atoms with van der Waals surface area (Å²) in [6.45, 7) is 2.48. The average molecular weight is 158 g/mol. The van der Waals surface area contributed by atoms with Gasteiger partial charge in [-0.1, -0.05) is 11.3 Å². The van der Waals surface area contributed by atoms with Gasteiger partial charge in [-0.25, -0.2) is 4.98 Å². The highest BCUT2D eigenvalue weighted by atomic mass is 32.1. The molecule has 0 aromatic carbocycles. The summed E-state index contributed by atoms with van der Waals surface area (Å²) < 4.78 is 4.93. The molecule has 0 saturated carbocycles. The van der Waals surface area contributed by atoms with Crippen molar-refractivity contribution in [3.8, 4) is 5.19 Å². The van der Waals surface area contributed by atoms with Crippen LogP contribution in [0.1, 0.15) is 10.6 Å². The van der Waals surface area contributed by atoms with E-state index >= 15 is 0 Å². The molecular weight excluding hydrogens is 148 g/mol. The quantitative estimate of drug-likeness (QED) is 0.696. The lowest BCUT2D eigenvalue weighted by Crippen LogP contribution is -1.94. The Kier molecular flexibility index (Phi) is 2.24. The van der Waals surface area contributed by atoms with Gasteiger partial charge in [-0.3, -0.25) is 0 Å². The van der Waals surface area contributed by atoms with E-state index in [1.165, 1.54) is 11.3 Å². The smallest absolute Gasteiger partial charge is 0.273 e. The van der Waals surface area contributed by atoms with Crippen molar-refractivity contribution in [1.29, 1.82) is 0 Å². The molecule has 0 amide bonds. The molecule has 0 radical (unpaired) electrons. The summed E-state index contributed by atoms with van der Waals surface area (Å²) in [5.74, 6) is 0. The Balaban J connectivity index is 2.92. The number of nitrogens with zero attached hydrogens (tertiary/aromatic N) is 1. The van der Waals surface area contributed by atoms with Crippen LogP contribution in [-0.2, 0) is 6.54 Å². The first-order valence-electron chi connectivity index (χ1n) is 2.98. The highest BCUT2D eigenvalue weighted by Gasteiger charge is 2.04. The summed E-state index contributed by atoms with van der Waals surface area (Å²) in [7, 11) is 1.61. The van der Waals surface area contributed by atoms with E-state index in [4.69, 9.17) is 10.5 Å². The Hall–Kier alpha value is -0.610. The van der Waals surface area contributed by atoms with Gasteiger partial charge in [0, 0.05) is 11.4 Å². The van der Waals surface area contributed by atoms with Gasteiger partial charge in [-0.2, -0.15) is 0 Å². The van der Waals surface area contributed by atoms with Crippen molar-refractivity contribution in [2.45, 2.75) is 13.5 Å². The summed E-state index contributed by atoms with van der Waals surface area (Å²) in [6, 6.07) is 0. The second kappa shape index (κ2) is 2.98. The Morgan fingerprint density at radius 3 is 2.70 bits per heavy atom. The summed E-state index contributed by atoms with van der Waals surface area (Å²) in [6.07, 6.45) is 0. The fourth-order valence-electron chi connectivity index (χ4n) is 0.678. The second-order valence-electron chi connectivity index (χ2n) is 1.90. The van der Waals surface area contributed by atoms with Crippen molar-refractivity contribution in [2.24, 2.45) is 5.73 Å². The van der Waals surface area contributed by atoms with Crippen LogP contribution in [0.3, 0.4) is 0 Å². The normalized spacial score (nSPS) is 9.90. The van der Waals surface area contributed by atoms with Crippen molar-refractivity contribution in [3.05, 3.63) is 10.6 Å². The zero-order valence-electron chi connectivity index (χ0n) is 6.05. The van der Waals surface area contributed by atoms with E-state index < -0.39 is 0 Å². The van der Waals surface area contributed by atoms with Crippen LogP contribution >= 0.6 is 11.3 Å². The highest BCUT2D eigenvalue weighted by molar-refractivity contribution is 7.13. The van der Waals surface area contributed by atoms with Crippen LogP contribution in [0, 0.1) is 6.92 Å². The van der Waals surface area contributed by atoms with Crippen molar-refractivity contribution < 1.29 is 4.74 Å². The predicted molar refractivity (Wildman–Crippen MR) is 41.3 cm³/mol. The fraction of sp³-hybridized carbons (Fsp3) is 0.500. The number of methoxy groups -OCH3 is 1. The fourth-order valence-corrected chi connectivity index (χ4v) is 1.43. The second-order valence-corrected chi connectivity index (χ2v) is 2.94. The Bertz CT molecular complexity index is 222. The monoisotopic (exact) mass is 158 g/mol. The van der Waals surface area contributed by atoms with Crippen molar-refractivity contribution in [2.75, 3.05) is 7.11 Å². The molecule has 56 valence electrons. The third kappa shape index (κ3) is 1.27. The van der Waals surface area contributed by atoms with Gasteiger partial charge < -0.3 is 10.5 Å². The molecule has 2 N–H and O–H groups in total. The molecule has 0 aliphatic carbocycles. The van der Waals surface area contributed by atoms with E-state index in [1.807, 2.05) is 6.92 Å². The molecule has 4 heteroatoms. The lowest BCUT2D eigenvalue weighted by Gasteiger charge is -1.86. The number of thiazole rings is 1. The Morgan fingerprint density at radius 2 is 2.40 bits per heavy atom. The van der Waals surface area contributed by atoms with Gasteiger partial charge in [0.2, 0.25) is 0 Å². The summed E-state index contributed by atoms with van der Waals surface area (Å²) in [5, 5.41) is 0.693. The standard InChI is InChI=1S/C6H10N2OS/c1-4-5(3-7)10-6(8-4)9-2/h3,7H2,1-2H3. The molecule has 0 saturated heterocycles. The van der Waals surface area contributed by atoms with Crippen LogP contribution < -0.4 is 10.5 Å². The third-order valence-electron chi connectivity index (χ3n) is 1.23. The summed E-state index contributed by atoms with van der Waals surface area (Å²) in [4.78, 5) is 5.21. The molecule has 0 spiro atoms. The molecule has 1 aromatic rings. The van der Waals surface area contributed by atoms with Crippen LogP contribution in [0.15, 0.2) is 0 Å². The largest absolute Gasteiger partial charge is 0.473 e. The highest BCUT2D eigenvalue weighted by Crippen LogP contribution is 2.23.